The van der Waals surface area contributed by atoms with Gasteiger partial charge in [-0.1, -0.05) is 30.3 Å². The molecule has 2 nitrogen and oxygen atoms in total. The van der Waals surface area contributed by atoms with E-state index in [0.29, 0.717) is 5.92 Å². The summed E-state index contributed by atoms with van der Waals surface area (Å²) < 4.78 is 0. The lowest BCUT2D eigenvalue weighted by Crippen LogP contribution is -2.08. The van der Waals surface area contributed by atoms with Crippen LogP contribution in [0.4, 0.5) is 0 Å². The van der Waals surface area contributed by atoms with E-state index >= 15 is 0 Å². The molecule has 0 bridgehead atoms. The van der Waals surface area contributed by atoms with Crippen LogP contribution < -0.4 is 0 Å². The van der Waals surface area contributed by atoms with Crippen molar-refractivity contribution < 1.29 is 5.11 Å². The number of hydrogen-bond acceptors (Lipinski definition) is 2. The third kappa shape index (κ3) is 2.16. The second kappa shape index (κ2) is 4.91. The lowest BCUT2D eigenvalue weighted by Gasteiger charge is -2.14. The molecule has 18 heavy (non-hydrogen) atoms. The van der Waals surface area contributed by atoms with Crippen LogP contribution in [-0.4, -0.2) is 10.1 Å². The van der Waals surface area contributed by atoms with E-state index in [9.17, 15) is 5.11 Å². The molecule has 2 atom stereocenters. The predicted octanol–water partition coefficient (Wildman–Crippen LogP) is 2.92. The standard InChI is InChI=1S/C16H17NO/c18-16-13(8-9-14-6-3-4-10-17-14)11-12-5-1-2-7-15(12)16/h1-7,10,13,16,18H,8-9,11H2. The number of hydrogen-bond donors (Lipinski definition) is 1. The van der Waals surface area contributed by atoms with E-state index in [-0.39, 0.29) is 6.10 Å². The van der Waals surface area contributed by atoms with Gasteiger partial charge >= 0.3 is 0 Å². The topological polar surface area (TPSA) is 33.1 Å². The molecule has 1 aliphatic carbocycles. The normalized spacial score (nSPS) is 21.8. The summed E-state index contributed by atoms with van der Waals surface area (Å²) in [4.78, 5) is 4.33. The molecule has 0 fully saturated rings. The molecule has 1 heterocycles. The van der Waals surface area contributed by atoms with Crippen LogP contribution in [0.1, 0.15) is 29.3 Å². The molecule has 0 saturated carbocycles. The third-order valence-corrected chi connectivity index (χ3v) is 3.80. The summed E-state index contributed by atoms with van der Waals surface area (Å²) in [6, 6.07) is 14.2. The Morgan fingerprint density at radius 3 is 2.72 bits per heavy atom. The molecule has 0 radical (unpaired) electrons. The van der Waals surface area contributed by atoms with Gasteiger partial charge in [0.2, 0.25) is 0 Å². The fraction of sp³-hybridized carbons (Fsp3) is 0.312. The van der Waals surface area contributed by atoms with Gasteiger partial charge in [0.1, 0.15) is 0 Å². The predicted molar refractivity (Wildman–Crippen MR) is 71.2 cm³/mol. The number of aliphatic hydroxyl groups excluding tert-OH is 1. The maximum absolute atomic E-state index is 10.3. The fourth-order valence-corrected chi connectivity index (χ4v) is 2.80. The van der Waals surface area contributed by atoms with Gasteiger partial charge in [-0.2, -0.15) is 0 Å². The van der Waals surface area contributed by atoms with E-state index in [0.717, 1.165) is 30.5 Å². The Hall–Kier alpha value is -1.67. The molecule has 0 amide bonds. The van der Waals surface area contributed by atoms with Crippen molar-refractivity contribution in [3.8, 4) is 0 Å². The smallest absolute Gasteiger partial charge is 0.0824 e. The number of pyridine rings is 1. The molecule has 2 aromatic rings. The summed E-state index contributed by atoms with van der Waals surface area (Å²) in [5.74, 6) is 0.337. The molecular formula is C16H17NO. The van der Waals surface area contributed by atoms with Gasteiger partial charge in [0.05, 0.1) is 6.10 Å². The first kappa shape index (κ1) is 11.4. The number of aryl methyl sites for hydroxylation is 1. The van der Waals surface area contributed by atoms with Gasteiger partial charge < -0.3 is 5.11 Å². The quantitative estimate of drug-likeness (QED) is 0.893. The molecule has 2 unspecified atom stereocenters. The van der Waals surface area contributed by atoms with Crippen molar-refractivity contribution in [1.82, 2.24) is 4.98 Å². The minimum Gasteiger partial charge on any atom is -0.388 e. The van der Waals surface area contributed by atoms with Crippen molar-refractivity contribution in [2.24, 2.45) is 5.92 Å². The van der Waals surface area contributed by atoms with Gasteiger partial charge in [0, 0.05) is 11.9 Å². The number of rotatable bonds is 3. The van der Waals surface area contributed by atoms with Crippen LogP contribution >= 0.6 is 0 Å². The fourth-order valence-electron chi connectivity index (χ4n) is 2.80. The van der Waals surface area contributed by atoms with Gasteiger partial charge in [-0.15, -0.1) is 0 Å². The number of aliphatic hydroxyl groups is 1. The second-order valence-corrected chi connectivity index (χ2v) is 4.97. The van der Waals surface area contributed by atoms with Gasteiger partial charge in [-0.05, 0) is 48.4 Å². The van der Waals surface area contributed by atoms with Crippen molar-refractivity contribution in [2.75, 3.05) is 0 Å². The Labute approximate surface area is 107 Å². The van der Waals surface area contributed by atoms with Crippen LogP contribution in [0.2, 0.25) is 0 Å². The molecule has 1 aliphatic rings. The van der Waals surface area contributed by atoms with Crippen LogP contribution in [0, 0.1) is 5.92 Å². The van der Waals surface area contributed by atoms with Crippen molar-refractivity contribution in [3.05, 3.63) is 65.5 Å². The molecular weight excluding hydrogens is 222 g/mol. The molecule has 1 aromatic heterocycles. The van der Waals surface area contributed by atoms with Gasteiger partial charge in [0.25, 0.3) is 0 Å². The zero-order chi connectivity index (χ0) is 12.4. The minimum absolute atomic E-state index is 0.301. The van der Waals surface area contributed by atoms with Crippen LogP contribution in [0.5, 0.6) is 0 Å². The van der Waals surface area contributed by atoms with Crippen molar-refractivity contribution in [1.29, 1.82) is 0 Å². The summed E-state index contributed by atoms with van der Waals surface area (Å²) >= 11 is 0. The zero-order valence-corrected chi connectivity index (χ0v) is 10.3. The van der Waals surface area contributed by atoms with Gasteiger partial charge in [-0.3, -0.25) is 4.98 Å². The van der Waals surface area contributed by atoms with Gasteiger partial charge in [-0.25, -0.2) is 0 Å². The molecule has 92 valence electrons. The number of fused-ring (bicyclic) bond motifs is 1. The van der Waals surface area contributed by atoms with Crippen LogP contribution in [0.15, 0.2) is 48.7 Å². The van der Waals surface area contributed by atoms with E-state index in [2.05, 4.69) is 17.1 Å². The Morgan fingerprint density at radius 2 is 1.94 bits per heavy atom. The Kier molecular flexibility index (Phi) is 3.11. The van der Waals surface area contributed by atoms with Crippen LogP contribution in [0.3, 0.4) is 0 Å². The second-order valence-electron chi connectivity index (χ2n) is 4.97. The zero-order valence-electron chi connectivity index (χ0n) is 10.3. The molecule has 1 aromatic carbocycles. The van der Waals surface area contributed by atoms with Crippen molar-refractivity contribution in [3.63, 3.8) is 0 Å². The Bertz CT molecular complexity index is 524. The lowest BCUT2D eigenvalue weighted by atomic mass is 9.96. The summed E-state index contributed by atoms with van der Waals surface area (Å²) in [6.45, 7) is 0. The van der Waals surface area contributed by atoms with Gasteiger partial charge in [0.15, 0.2) is 0 Å². The Morgan fingerprint density at radius 1 is 1.11 bits per heavy atom. The SMILES string of the molecule is OC1c2ccccc2CC1CCc1ccccn1. The molecule has 3 rings (SSSR count). The first-order valence-corrected chi connectivity index (χ1v) is 6.50. The largest absolute Gasteiger partial charge is 0.388 e. The van der Waals surface area contributed by atoms with Crippen LogP contribution in [-0.2, 0) is 12.8 Å². The summed E-state index contributed by atoms with van der Waals surface area (Å²) in [7, 11) is 0. The van der Waals surface area contributed by atoms with E-state index in [1.165, 1.54) is 5.56 Å². The van der Waals surface area contributed by atoms with E-state index < -0.39 is 0 Å². The average Bonchev–Trinajstić information content (AvgIpc) is 2.75. The summed E-state index contributed by atoms with van der Waals surface area (Å²) in [5, 5.41) is 10.3. The highest BCUT2D eigenvalue weighted by molar-refractivity contribution is 5.34. The molecule has 0 spiro atoms. The van der Waals surface area contributed by atoms with E-state index in [1.54, 1.807) is 0 Å². The number of nitrogens with zero attached hydrogens (tertiary/aromatic N) is 1. The maximum atomic E-state index is 10.3. The minimum atomic E-state index is -0.301. The average molecular weight is 239 g/mol. The van der Waals surface area contributed by atoms with Crippen molar-refractivity contribution in [2.45, 2.75) is 25.4 Å². The molecule has 2 heteroatoms. The van der Waals surface area contributed by atoms with E-state index in [1.807, 2.05) is 36.5 Å². The highest BCUT2D eigenvalue weighted by Crippen LogP contribution is 2.38. The summed E-state index contributed by atoms with van der Waals surface area (Å²) in [6.07, 6.45) is 4.45. The molecule has 0 saturated heterocycles. The molecule has 0 aliphatic heterocycles. The number of benzene rings is 1. The number of aromatic nitrogens is 1. The molecule has 1 N–H and O–H groups in total. The lowest BCUT2D eigenvalue weighted by molar-refractivity contribution is 0.118. The first-order valence-electron chi connectivity index (χ1n) is 6.50. The first-order chi connectivity index (χ1) is 8.84. The monoisotopic (exact) mass is 239 g/mol. The summed E-state index contributed by atoms with van der Waals surface area (Å²) in [5.41, 5.74) is 3.53. The van der Waals surface area contributed by atoms with Crippen LogP contribution in [0.25, 0.3) is 0 Å². The Balaban J connectivity index is 1.66. The highest BCUT2D eigenvalue weighted by Gasteiger charge is 2.29. The van der Waals surface area contributed by atoms with Crippen molar-refractivity contribution >= 4 is 0 Å². The van der Waals surface area contributed by atoms with E-state index in [4.69, 9.17) is 0 Å². The third-order valence-electron chi connectivity index (χ3n) is 3.80. The highest BCUT2D eigenvalue weighted by atomic mass is 16.3. The maximum Gasteiger partial charge on any atom is 0.0824 e.